The third-order valence-electron chi connectivity index (χ3n) is 4.54. The zero-order valence-electron chi connectivity index (χ0n) is 16.8. The van der Waals surface area contributed by atoms with Crippen molar-refractivity contribution in [1.29, 1.82) is 0 Å². The van der Waals surface area contributed by atoms with Gasteiger partial charge in [0.2, 0.25) is 0 Å². The fraction of sp³-hybridized carbons (Fsp3) is 0.0417. The second-order valence-electron chi connectivity index (χ2n) is 6.82. The minimum atomic E-state index is -0.396. The van der Waals surface area contributed by atoms with E-state index in [2.05, 4.69) is 16.0 Å². The highest BCUT2D eigenvalue weighted by Gasteiger charge is 2.12. The molecule has 0 spiro atoms. The van der Waals surface area contributed by atoms with Gasteiger partial charge in [-0.25, -0.2) is 0 Å². The van der Waals surface area contributed by atoms with Crippen LogP contribution in [0.4, 0.5) is 11.4 Å². The van der Waals surface area contributed by atoms with Crippen molar-refractivity contribution < 1.29 is 23.2 Å². The number of hydrogen-bond donors (Lipinski definition) is 3. The SMILES string of the molecule is O=C(NCc1ccc(NC(=O)c2ccco2)cc1)c1cccc(NC(=O)c2ccco2)c1. The number of furan rings is 2. The molecule has 160 valence electrons. The average Bonchev–Trinajstić information content (AvgIpc) is 3.53. The molecule has 32 heavy (non-hydrogen) atoms. The Balaban J connectivity index is 1.31. The summed E-state index contributed by atoms with van der Waals surface area (Å²) in [5.74, 6) is -0.608. The molecular formula is C24H19N3O5. The first-order valence-corrected chi connectivity index (χ1v) is 9.75. The molecule has 0 saturated carbocycles. The molecule has 0 saturated heterocycles. The Labute approximate surface area is 183 Å². The summed E-state index contributed by atoms with van der Waals surface area (Å²) >= 11 is 0. The van der Waals surface area contributed by atoms with Gasteiger partial charge >= 0.3 is 0 Å². The number of anilines is 2. The maximum Gasteiger partial charge on any atom is 0.291 e. The van der Waals surface area contributed by atoms with Crippen molar-refractivity contribution in [3.63, 3.8) is 0 Å². The number of rotatable bonds is 7. The van der Waals surface area contributed by atoms with Gasteiger partial charge in [0.15, 0.2) is 11.5 Å². The molecule has 0 bridgehead atoms. The Bertz CT molecular complexity index is 1210. The molecule has 0 aliphatic rings. The third kappa shape index (κ3) is 5.11. The largest absolute Gasteiger partial charge is 0.459 e. The van der Waals surface area contributed by atoms with Gasteiger partial charge in [-0.2, -0.15) is 0 Å². The maximum atomic E-state index is 12.5. The van der Waals surface area contributed by atoms with Crippen molar-refractivity contribution in [2.24, 2.45) is 0 Å². The molecule has 0 atom stereocenters. The van der Waals surface area contributed by atoms with Crippen LogP contribution in [0.2, 0.25) is 0 Å². The molecule has 0 aliphatic heterocycles. The van der Waals surface area contributed by atoms with Crippen LogP contribution in [0.5, 0.6) is 0 Å². The standard InChI is InChI=1S/C24H19N3O5/c28-22(17-4-1-5-19(14-17)27-24(30)21-7-3-13-32-21)25-15-16-8-10-18(11-9-16)26-23(29)20-6-2-12-31-20/h1-14H,15H2,(H,25,28)(H,26,29)(H,27,30). The van der Waals surface area contributed by atoms with Crippen molar-refractivity contribution in [3.05, 3.63) is 108 Å². The predicted octanol–water partition coefficient (Wildman–Crippen LogP) is 4.31. The minimum absolute atomic E-state index is 0.184. The van der Waals surface area contributed by atoms with Crippen molar-refractivity contribution in [2.75, 3.05) is 10.6 Å². The molecule has 4 aromatic rings. The Morgan fingerprint density at radius 2 is 1.28 bits per heavy atom. The normalized spacial score (nSPS) is 10.4. The van der Waals surface area contributed by atoms with E-state index in [1.807, 2.05) is 0 Å². The Morgan fingerprint density at radius 3 is 1.88 bits per heavy atom. The Hall–Kier alpha value is -4.59. The topological polar surface area (TPSA) is 114 Å². The van der Waals surface area contributed by atoms with Gasteiger partial charge in [0.25, 0.3) is 17.7 Å². The molecule has 3 N–H and O–H groups in total. The molecule has 2 aromatic carbocycles. The quantitative estimate of drug-likeness (QED) is 0.405. The van der Waals surface area contributed by atoms with E-state index in [0.29, 0.717) is 23.5 Å². The number of amides is 3. The lowest BCUT2D eigenvalue weighted by molar-refractivity contribution is 0.0948. The van der Waals surface area contributed by atoms with Crippen LogP contribution in [0, 0.1) is 0 Å². The molecule has 3 amide bonds. The van der Waals surface area contributed by atoms with Gasteiger partial charge in [0.1, 0.15) is 0 Å². The van der Waals surface area contributed by atoms with Crippen LogP contribution in [0.3, 0.4) is 0 Å². The lowest BCUT2D eigenvalue weighted by Crippen LogP contribution is -2.23. The molecule has 8 heteroatoms. The fourth-order valence-corrected chi connectivity index (χ4v) is 2.93. The summed E-state index contributed by atoms with van der Waals surface area (Å²) < 4.78 is 10.1. The highest BCUT2D eigenvalue weighted by Crippen LogP contribution is 2.14. The average molecular weight is 429 g/mol. The number of hydrogen-bond acceptors (Lipinski definition) is 5. The Morgan fingerprint density at radius 1 is 0.656 bits per heavy atom. The Kier molecular flexibility index (Phi) is 6.12. The first-order chi connectivity index (χ1) is 15.6. The van der Waals surface area contributed by atoms with Gasteiger partial charge in [-0.1, -0.05) is 18.2 Å². The highest BCUT2D eigenvalue weighted by atomic mass is 16.3. The predicted molar refractivity (Wildman–Crippen MR) is 117 cm³/mol. The summed E-state index contributed by atoms with van der Waals surface area (Å²) in [7, 11) is 0. The third-order valence-corrected chi connectivity index (χ3v) is 4.54. The van der Waals surface area contributed by atoms with Gasteiger partial charge in [-0.3, -0.25) is 14.4 Å². The first kappa shape index (κ1) is 20.7. The zero-order chi connectivity index (χ0) is 22.3. The smallest absolute Gasteiger partial charge is 0.291 e. The van der Waals surface area contributed by atoms with Crippen molar-refractivity contribution >= 4 is 29.1 Å². The van der Waals surface area contributed by atoms with Gasteiger partial charge in [0, 0.05) is 23.5 Å². The van der Waals surface area contributed by atoms with Crippen LogP contribution in [0.25, 0.3) is 0 Å². The van der Waals surface area contributed by atoms with E-state index in [9.17, 15) is 14.4 Å². The van der Waals surface area contributed by atoms with Crippen LogP contribution in [0.15, 0.2) is 94.2 Å². The van der Waals surface area contributed by atoms with Gasteiger partial charge in [-0.05, 0) is 60.2 Å². The van der Waals surface area contributed by atoms with E-state index in [0.717, 1.165) is 5.56 Å². The summed E-state index contributed by atoms with van der Waals surface area (Å²) in [6, 6.07) is 20.1. The monoisotopic (exact) mass is 429 g/mol. The van der Waals surface area contributed by atoms with Gasteiger partial charge in [0.05, 0.1) is 12.5 Å². The molecule has 0 aliphatic carbocycles. The second-order valence-corrected chi connectivity index (χ2v) is 6.82. The minimum Gasteiger partial charge on any atom is -0.459 e. The highest BCUT2D eigenvalue weighted by molar-refractivity contribution is 6.03. The second kappa shape index (κ2) is 9.48. The first-order valence-electron chi connectivity index (χ1n) is 9.75. The lowest BCUT2D eigenvalue weighted by Gasteiger charge is -2.09. The zero-order valence-corrected chi connectivity index (χ0v) is 16.8. The molecule has 0 unspecified atom stereocenters. The summed E-state index contributed by atoms with van der Waals surface area (Å²) in [5.41, 5.74) is 2.36. The summed E-state index contributed by atoms with van der Waals surface area (Å²) in [4.78, 5) is 36.6. The fourth-order valence-electron chi connectivity index (χ4n) is 2.93. The number of nitrogens with one attached hydrogen (secondary N) is 3. The molecular weight excluding hydrogens is 410 g/mol. The molecule has 2 aromatic heterocycles. The van der Waals surface area contributed by atoms with Crippen LogP contribution in [-0.2, 0) is 6.54 Å². The summed E-state index contributed by atoms with van der Waals surface area (Å²) in [6.45, 7) is 0.300. The number of carbonyl (C=O) groups is 3. The van der Waals surface area contributed by atoms with Crippen LogP contribution in [-0.4, -0.2) is 17.7 Å². The van der Waals surface area contributed by atoms with Crippen LogP contribution in [0.1, 0.15) is 37.0 Å². The number of benzene rings is 2. The van der Waals surface area contributed by atoms with Crippen LogP contribution >= 0.6 is 0 Å². The molecule has 4 rings (SSSR count). The van der Waals surface area contributed by atoms with Gasteiger partial charge < -0.3 is 24.8 Å². The van der Waals surface area contributed by atoms with E-state index in [1.165, 1.54) is 12.5 Å². The molecule has 2 heterocycles. The van der Waals surface area contributed by atoms with Crippen molar-refractivity contribution in [3.8, 4) is 0 Å². The van der Waals surface area contributed by atoms with Crippen molar-refractivity contribution in [2.45, 2.75) is 6.54 Å². The van der Waals surface area contributed by atoms with Gasteiger partial charge in [-0.15, -0.1) is 0 Å². The summed E-state index contributed by atoms with van der Waals surface area (Å²) in [5, 5.41) is 8.26. The van der Waals surface area contributed by atoms with E-state index in [1.54, 1.807) is 72.8 Å². The molecule has 0 fully saturated rings. The maximum absolute atomic E-state index is 12.5. The van der Waals surface area contributed by atoms with Crippen molar-refractivity contribution in [1.82, 2.24) is 5.32 Å². The number of carbonyl (C=O) groups excluding carboxylic acids is 3. The lowest BCUT2D eigenvalue weighted by atomic mass is 10.1. The van der Waals surface area contributed by atoms with E-state index < -0.39 is 5.91 Å². The van der Waals surface area contributed by atoms with E-state index in [4.69, 9.17) is 8.83 Å². The molecule has 8 nitrogen and oxygen atoms in total. The van der Waals surface area contributed by atoms with Crippen LogP contribution < -0.4 is 16.0 Å². The molecule has 0 radical (unpaired) electrons. The van der Waals surface area contributed by atoms with E-state index in [-0.39, 0.29) is 23.3 Å². The van der Waals surface area contributed by atoms with E-state index >= 15 is 0 Å². The summed E-state index contributed by atoms with van der Waals surface area (Å²) in [6.07, 6.45) is 2.85.